The zero-order valence-electron chi connectivity index (χ0n) is 13.3. The second-order valence-electron chi connectivity index (χ2n) is 5.86. The molecule has 0 unspecified atom stereocenters. The minimum Gasteiger partial charge on any atom is -0.356 e. The molecule has 1 rings (SSSR count). The molecule has 1 N–H and O–H groups in total. The summed E-state index contributed by atoms with van der Waals surface area (Å²) in [4.78, 5) is 8.10. The van der Waals surface area contributed by atoms with E-state index in [2.05, 4.69) is 29.0 Å². The number of halogens is 1. The van der Waals surface area contributed by atoms with Gasteiger partial charge in [-0.25, -0.2) is 9.37 Å². The van der Waals surface area contributed by atoms with Crippen LogP contribution in [0.4, 0.5) is 10.2 Å². The molecule has 0 spiro atoms. The second-order valence-corrected chi connectivity index (χ2v) is 5.86. The lowest BCUT2D eigenvalue weighted by molar-refractivity contribution is 0.415. The van der Waals surface area contributed by atoms with Crippen LogP contribution in [0.15, 0.2) is 12.3 Å². The van der Waals surface area contributed by atoms with E-state index < -0.39 is 0 Å². The summed E-state index contributed by atoms with van der Waals surface area (Å²) in [7, 11) is 5.88. The summed E-state index contributed by atoms with van der Waals surface area (Å²) >= 11 is 0. The van der Waals surface area contributed by atoms with E-state index in [1.165, 1.54) is 0 Å². The van der Waals surface area contributed by atoms with Crippen LogP contribution in [0.2, 0.25) is 0 Å². The number of anilines is 1. The van der Waals surface area contributed by atoms with Crippen LogP contribution < -0.4 is 10.2 Å². The van der Waals surface area contributed by atoms with Crippen molar-refractivity contribution in [2.45, 2.75) is 20.4 Å². The highest BCUT2D eigenvalue weighted by molar-refractivity contribution is 5.42. The van der Waals surface area contributed by atoms with Crippen molar-refractivity contribution in [3.63, 3.8) is 0 Å². The lowest BCUT2D eigenvalue weighted by Gasteiger charge is -2.21. The van der Waals surface area contributed by atoms with E-state index in [9.17, 15) is 4.39 Å². The second kappa shape index (κ2) is 8.17. The Bertz CT molecular complexity index is 407. The van der Waals surface area contributed by atoms with Crippen LogP contribution in [0.1, 0.15) is 19.4 Å². The zero-order chi connectivity index (χ0) is 15.1. The SMILES string of the molecule is CC(C)CNCc1ccnc(N(C)CCN(C)C)c1F. The third-order valence-corrected chi connectivity index (χ3v) is 3.06. The minimum absolute atomic E-state index is 0.218. The van der Waals surface area contributed by atoms with Gasteiger partial charge in [-0.15, -0.1) is 0 Å². The van der Waals surface area contributed by atoms with Gasteiger partial charge in [-0.05, 0) is 32.6 Å². The molecule has 0 radical (unpaired) electrons. The van der Waals surface area contributed by atoms with Crippen molar-refractivity contribution in [3.8, 4) is 0 Å². The Morgan fingerprint density at radius 3 is 2.55 bits per heavy atom. The lowest BCUT2D eigenvalue weighted by atomic mass is 10.2. The summed E-state index contributed by atoms with van der Waals surface area (Å²) in [6, 6.07) is 1.74. The van der Waals surface area contributed by atoms with Gasteiger partial charge in [0.05, 0.1) is 0 Å². The molecule has 1 aromatic rings. The van der Waals surface area contributed by atoms with E-state index in [1.807, 2.05) is 26.0 Å². The van der Waals surface area contributed by atoms with E-state index in [-0.39, 0.29) is 5.82 Å². The van der Waals surface area contributed by atoms with Crippen LogP contribution in [-0.4, -0.2) is 50.7 Å². The molecule has 0 aliphatic heterocycles. The van der Waals surface area contributed by atoms with E-state index in [1.54, 1.807) is 12.3 Å². The van der Waals surface area contributed by atoms with Gasteiger partial charge in [0, 0.05) is 38.4 Å². The van der Waals surface area contributed by atoms with Gasteiger partial charge < -0.3 is 15.1 Å². The Morgan fingerprint density at radius 1 is 1.25 bits per heavy atom. The summed E-state index contributed by atoms with van der Waals surface area (Å²) in [5, 5.41) is 3.26. The maximum atomic E-state index is 14.4. The van der Waals surface area contributed by atoms with E-state index in [0.717, 1.165) is 19.6 Å². The quantitative estimate of drug-likeness (QED) is 0.790. The molecule has 20 heavy (non-hydrogen) atoms. The molecular weight excluding hydrogens is 255 g/mol. The Balaban J connectivity index is 2.68. The summed E-state index contributed by atoms with van der Waals surface area (Å²) in [5.41, 5.74) is 0.673. The first kappa shape index (κ1) is 16.9. The van der Waals surface area contributed by atoms with Gasteiger partial charge in [-0.1, -0.05) is 13.8 Å². The highest BCUT2D eigenvalue weighted by atomic mass is 19.1. The summed E-state index contributed by atoms with van der Waals surface area (Å²) in [5.74, 6) is 0.767. The maximum Gasteiger partial charge on any atom is 0.170 e. The summed E-state index contributed by atoms with van der Waals surface area (Å²) in [6.07, 6.45) is 1.68. The van der Waals surface area contributed by atoms with Crippen molar-refractivity contribution in [1.29, 1.82) is 0 Å². The van der Waals surface area contributed by atoms with E-state index >= 15 is 0 Å². The van der Waals surface area contributed by atoms with E-state index in [0.29, 0.717) is 23.8 Å². The zero-order valence-corrected chi connectivity index (χ0v) is 13.3. The van der Waals surface area contributed by atoms with Gasteiger partial charge in [0.25, 0.3) is 0 Å². The van der Waals surface area contributed by atoms with Gasteiger partial charge in [0.2, 0.25) is 0 Å². The molecule has 0 saturated carbocycles. The molecule has 0 aliphatic rings. The van der Waals surface area contributed by atoms with Crippen LogP contribution in [-0.2, 0) is 6.54 Å². The number of rotatable bonds is 8. The average Bonchev–Trinajstić information content (AvgIpc) is 2.37. The van der Waals surface area contributed by atoms with Crippen molar-refractivity contribution in [3.05, 3.63) is 23.6 Å². The van der Waals surface area contributed by atoms with Crippen LogP contribution in [0.25, 0.3) is 0 Å². The molecule has 114 valence electrons. The minimum atomic E-state index is -0.218. The van der Waals surface area contributed by atoms with Gasteiger partial charge in [-0.2, -0.15) is 0 Å². The smallest absolute Gasteiger partial charge is 0.170 e. The predicted octanol–water partition coefficient (Wildman–Crippen LogP) is 1.96. The Labute approximate surface area is 122 Å². The predicted molar refractivity (Wildman–Crippen MR) is 82.6 cm³/mol. The average molecular weight is 282 g/mol. The topological polar surface area (TPSA) is 31.4 Å². The van der Waals surface area contributed by atoms with Crippen molar-refractivity contribution in [2.75, 3.05) is 45.7 Å². The van der Waals surface area contributed by atoms with Crippen LogP contribution in [0, 0.1) is 11.7 Å². The van der Waals surface area contributed by atoms with Crippen LogP contribution in [0.5, 0.6) is 0 Å². The fraction of sp³-hybridized carbons (Fsp3) is 0.667. The molecule has 1 aromatic heterocycles. The number of nitrogens with one attached hydrogen (secondary N) is 1. The molecule has 4 nitrogen and oxygen atoms in total. The number of hydrogen-bond acceptors (Lipinski definition) is 4. The number of aromatic nitrogens is 1. The monoisotopic (exact) mass is 282 g/mol. The third-order valence-electron chi connectivity index (χ3n) is 3.06. The standard InChI is InChI=1S/C15H27FN4/c1-12(2)10-17-11-13-6-7-18-15(14(13)16)20(5)9-8-19(3)4/h6-7,12,17H,8-11H2,1-5H3. The molecule has 0 saturated heterocycles. The third kappa shape index (κ3) is 5.43. The maximum absolute atomic E-state index is 14.4. The largest absolute Gasteiger partial charge is 0.356 e. The Hall–Kier alpha value is -1.20. The fourth-order valence-electron chi connectivity index (χ4n) is 1.83. The summed E-state index contributed by atoms with van der Waals surface area (Å²) < 4.78 is 14.4. The number of pyridine rings is 1. The molecule has 0 aliphatic carbocycles. The van der Waals surface area contributed by atoms with Gasteiger partial charge >= 0.3 is 0 Å². The van der Waals surface area contributed by atoms with Gasteiger partial charge in [0.1, 0.15) is 0 Å². The highest BCUT2D eigenvalue weighted by Crippen LogP contribution is 2.18. The molecular formula is C15H27FN4. The van der Waals surface area contributed by atoms with Crippen molar-refractivity contribution in [2.24, 2.45) is 5.92 Å². The summed E-state index contributed by atoms with van der Waals surface area (Å²) in [6.45, 7) is 7.31. The molecule has 0 aromatic carbocycles. The van der Waals surface area contributed by atoms with Gasteiger partial charge in [0.15, 0.2) is 11.6 Å². The molecule has 0 atom stereocenters. The normalized spacial score (nSPS) is 11.4. The number of nitrogens with zero attached hydrogens (tertiary/aromatic N) is 3. The number of hydrogen-bond donors (Lipinski definition) is 1. The van der Waals surface area contributed by atoms with Crippen molar-refractivity contribution in [1.82, 2.24) is 15.2 Å². The fourth-order valence-corrected chi connectivity index (χ4v) is 1.83. The molecule has 0 fully saturated rings. The first-order chi connectivity index (χ1) is 9.41. The highest BCUT2D eigenvalue weighted by Gasteiger charge is 2.13. The Morgan fingerprint density at radius 2 is 1.95 bits per heavy atom. The van der Waals surface area contributed by atoms with Crippen LogP contribution >= 0.6 is 0 Å². The number of likely N-dealkylation sites (N-methyl/N-ethyl adjacent to an activating group) is 2. The van der Waals surface area contributed by atoms with Crippen LogP contribution in [0.3, 0.4) is 0 Å². The van der Waals surface area contributed by atoms with E-state index in [4.69, 9.17) is 0 Å². The van der Waals surface area contributed by atoms with Crippen molar-refractivity contribution >= 4 is 5.82 Å². The molecule has 1 heterocycles. The van der Waals surface area contributed by atoms with Crippen molar-refractivity contribution < 1.29 is 4.39 Å². The molecule has 0 bridgehead atoms. The first-order valence-electron chi connectivity index (χ1n) is 7.11. The first-order valence-corrected chi connectivity index (χ1v) is 7.11. The lowest BCUT2D eigenvalue weighted by Crippen LogP contribution is -2.30. The molecule has 0 amide bonds. The molecule has 5 heteroatoms. The Kier molecular flexibility index (Phi) is 6.88. The van der Waals surface area contributed by atoms with Gasteiger partial charge in [-0.3, -0.25) is 0 Å².